The number of carboxylic acid groups (broad SMARTS) is 1. The average Bonchev–Trinajstić information content (AvgIpc) is 2.75. The van der Waals surface area contributed by atoms with Crippen LogP contribution in [0.5, 0.6) is 11.5 Å². The van der Waals surface area contributed by atoms with E-state index < -0.39 is 6.09 Å². The Morgan fingerprint density at radius 1 is 1.53 bits per heavy atom. The zero-order valence-electron chi connectivity index (χ0n) is 9.37. The molecule has 0 aromatic heterocycles. The maximum atomic E-state index is 10.7. The van der Waals surface area contributed by atoms with Gasteiger partial charge in [-0.1, -0.05) is 6.07 Å². The molecule has 1 aromatic rings. The normalized spacial score (nSPS) is 19.3. The van der Waals surface area contributed by atoms with Crippen molar-refractivity contribution >= 4 is 6.09 Å². The maximum absolute atomic E-state index is 10.7. The third-order valence-corrected chi connectivity index (χ3v) is 2.86. The molecule has 1 saturated heterocycles. The number of phenolic OH excluding ortho intramolecular Hbond substituents is 1. The van der Waals surface area contributed by atoms with Crippen molar-refractivity contribution in [3.63, 3.8) is 0 Å². The van der Waals surface area contributed by atoms with Gasteiger partial charge in [0.1, 0.15) is 11.5 Å². The molecule has 1 heterocycles. The van der Waals surface area contributed by atoms with E-state index in [2.05, 4.69) is 0 Å². The molecule has 0 spiro atoms. The van der Waals surface area contributed by atoms with Crippen molar-refractivity contribution < 1.29 is 19.7 Å². The van der Waals surface area contributed by atoms with Gasteiger partial charge in [0.05, 0.1) is 6.61 Å². The van der Waals surface area contributed by atoms with Gasteiger partial charge in [0.2, 0.25) is 0 Å². The summed E-state index contributed by atoms with van der Waals surface area (Å²) in [6.07, 6.45) is -0.0460. The van der Waals surface area contributed by atoms with Crippen molar-refractivity contribution in [2.24, 2.45) is 5.92 Å². The monoisotopic (exact) mass is 237 g/mol. The van der Waals surface area contributed by atoms with Gasteiger partial charge in [-0.25, -0.2) is 4.79 Å². The lowest BCUT2D eigenvalue weighted by Gasteiger charge is -2.13. The summed E-state index contributed by atoms with van der Waals surface area (Å²) in [5.74, 6) is 1.01. The van der Waals surface area contributed by atoms with E-state index >= 15 is 0 Å². The summed E-state index contributed by atoms with van der Waals surface area (Å²) in [6, 6.07) is 6.60. The minimum atomic E-state index is -0.871. The lowest BCUT2D eigenvalue weighted by atomic mass is 10.1. The lowest BCUT2D eigenvalue weighted by Crippen LogP contribution is -2.27. The molecule has 1 atom stereocenters. The van der Waals surface area contributed by atoms with Crippen molar-refractivity contribution in [1.82, 2.24) is 4.90 Å². The summed E-state index contributed by atoms with van der Waals surface area (Å²) in [6.45, 7) is 1.57. The third kappa shape index (κ3) is 3.03. The summed E-state index contributed by atoms with van der Waals surface area (Å²) in [7, 11) is 0. The number of nitrogens with zero attached hydrogens (tertiary/aromatic N) is 1. The first-order valence-corrected chi connectivity index (χ1v) is 5.55. The highest BCUT2D eigenvalue weighted by Gasteiger charge is 2.26. The molecule has 1 aromatic carbocycles. The van der Waals surface area contributed by atoms with Crippen molar-refractivity contribution in [3.05, 3.63) is 24.3 Å². The Kier molecular flexibility index (Phi) is 3.37. The summed E-state index contributed by atoms with van der Waals surface area (Å²) < 4.78 is 5.52. The highest BCUT2D eigenvalue weighted by atomic mass is 16.5. The molecule has 1 amide bonds. The van der Waals surface area contributed by atoms with Gasteiger partial charge < -0.3 is 19.8 Å². The Morgan fingerprint density at radius 3 is 3.00 bits per heavy atom. The van der Waals surface area contributed by atoms with E-state index in [-0.39, 0.29) is 11.7 Å². The highest BCUT2D eigenvalue weighted by Crippen LogP contribution is 2.21. The molecular weight excluding hydrogens is 222 g/mol. The van der Waals surface area contributed by atoms with Crippen LogP contribution in [0.3, 0.4) is 0 Å². The van der Waals surface area contributed by atoms with Gasteiger partial charge in [-0.15, -0.1) is 0 Å². The van der Waals surface area contributed by atoms with Crippen molar-refractivity contribution in [3.8, 4) is 11.5 Å². The molecule has 5 heteroatoms. The van der Waals surface area contributed by atoms with Crippen LogP contribution < -0.4 is 4.74 Å². The summed E-state index contributed by atoms with van der Waals surface area (Å²) in [5, 5.41) is 18.1. The second kappa shape index (κ2) is 4.95. The number of aromatic hydroxyl groups is 1. The SMILES string of the molecule is O=C(O)N1CCC(COc2cccc(O)c2)C1. The summed E-state index contributed by atoms with van der Waals surface area (Å²) >= 11 is 0. The molecule has 92 valence electrons. The van der Waals surface area contributed by atoms with Crippen molar-refractivity contribution in [1.29, 1.82) is 0 Å². The van der Waals surface area contributed by atoms with Crippen LogP contribution in [-0.2, 0) is 0 Å². The standard InChI is InChI=1S/C12H15NO4/c14-10-2-1-3-11(6-10)17-8-9-4-5-13(7-9)12(15)16/h1-3,6,9,14H,4-5,7-8H2,(H,15,16). The number of benzene rings is 1. The van der Waals surface area contributed by atoms with Gasteiger partial charge in [0, 0.05) is 25.1 Å². The van der Waals surface area contributed by atoms with Crippen LogP contribution in [-0.4, -0.2) is 40.9 Å². The van der Waals surface area contributed by atoms with Gasteiger partial charge in [0.15, 0.2) is 0 Å². The topological polar surface area (TPSA) is 70.0 Å². The number of likely N-dealkylation sites (tertiary alicyclic amines) is 1. The molecule has 1 aliphatic rings. The maximum Gasteiger partial charge on any atom is 0.407 e. The average molecular weight is 237 g/mol. The predicted octanol–water partition coefficient (Wildman–Crippen LogP) is 1.77. The Labute approximate surface area is 99.2 Å². The number of phenols is 1. The van der Waals surface area contributed by atoms with Gasteiger partial charge in [-0.3, -0.25) is 0 Å². The van der Waals surface area contributed by atoms with E-state index in [1.807, 2.05) is 0 Å². The van der Waals surface area contributed by atoms with Gasteiger partial charge in [0.25, 0.3) is 0 Å². The molecule has 0 bridgehead atoms. The fourth-order valence-electron chi connectivity index (χ4n) is 1.93. The number of ether oxygens (including phenoxy) is 1. The molecule has 1 unspecified atom stereocenters. The highest BCUT2D eigenvalue weighted by molar-refractivity contribution is 5.65. The van der Waals surface area contributed by atoms with Gasteiger partial charge in [-0.2, -0.15) is 0 Å². The number of amides is 1. The van der Waals surface area contributed by atoms with Gasteiger partial charge in [-0.05, 0) is 18.6 Å². The van der Waals surface area contributed by atoms with Crippen LogP contribution in [0.15, 0.2) is 24.3 Å². The largest absolute Gasteiger partial charge is 0.508 e. The second-order valence-corrected chi connectivity index (χ2v) is 4.19. The number of rotatable bonds is 3. The quantitative estimate of drug-likeness (QED) is 0.840. The minimum Gasteiger partial charge on any atom is -0.508 e. The molecule has 2 rings (SSSR count). The van der Waals surface area contributed by atoms with Gasteiger partial charge >= 0.3 is 6.09 Å². The number of hydrogen-bond acceptors (Lipinski definition) is 3. The van der Waals surface area contributed by atoms with Crippen LogP contribution in [0.1, 0.15) is 6.42 Å². The Bertz CT molecular complexity index is 407. The lowest BCUT2D eigenvalue weighted by molar-refractivity contribution is 0.151. The molecule has 5 nitrogen and oxygen atoms in total. The van der Waals surface area contributed by atoms with Crippen molar-refractivity contribution in [2.75, 3.05) is 19.7 Å². The Hall–Kier alpha value is -1.91. The third-order valence-electron chi connectivity index (χ3n) is 2.86. The summed E-state index contributed by atoms with van der Waals surface area (Å²) in [5.41, 5.74) is 0. The van der Waals surface area contributed by atoms with Crippen LogP contribution in [0.2, 0.25) is 0 Å². The molecule has 1 aliphatic heterocycles. The first-order valence-electron chi connectivity index (χ1n) is 5.55. The minimum absolute atomic E-state index is 0.168. The van der Waals surface area contributed by atoms with E-state index in [0.29, 0.717) is 25.4 Å². The second-order valence-electron chi connectivity index (χ2n) is 4.19. The Balaban J connectivity index is 1.82. The smallest absolute Gasteiger partial charge is 0.407 e. The molecule has 0 aliphatic carbocycles. The van der Waals surface area contributed by atoms with Crippen LogP contribution >= 0.6 is 0 Å². The fourth-order valence-corrected chi connectivity index (χ4v) is 1.93. The van der Waals surface area contributed by atoms with Crippen LogP contribution in [0.4, 0.5) is 4.79 Å². The first-order chi connectivity index (χ1) is 8.15. The predicted molar refractivity (Wildman–Crippen MR) is 61.3 cm³/mol. The molecule has 0 saturated carbocycles. The molecular formula is C12H15NO4. The van der Waals surface area contributed by atoms with Crippen LogP contribution in [0, 0.1) is 5.92 Å². The number of carbonyl (C=O) groups is 1. The fraction of sp³-hybridized carbons (Fsp3) is 0.417. The Morgan fingerprint density at radius 2 is 2.35 bits per heavy atom. The first kappa shape index (κ1) is 11.6. The zero-order chi connectivity index (χ0) is 12.3. The van der Waals surface area contributed by atoms with E-state index in [4.69, 9.17) is 9.84 Å². The van der Waals surface area contributed by atoms with E-state index in [0.717, 1.165) is 6.42 Å². The molecule has 0 radical (unpaired) electrons. The molecule has 17 heavy (non-hydrogen) atoms. The molecule has 2 N–H and O–H groups in total. The van der Waals surface area contributed by atoms with Crippen LogP contribution in [0.25, 0.3) is 0 Å². The molecule has 1 fully saturated rings. The number of hydrogen-bond donors (Lipinski definition) is 2. The van der Waals surface area contributed by atoms with E-state index in [1.54, 1.807) is 24.3 Å². The zero-order valence-corrected chi connectivity index (χ0v) is 9.37. The summed E-state index contributed by atoms with van der Waals surface area (Å²) in [4.78, 5) is 12.1. The van der Waals surface area contributed by atoms with E-state index in [1.165, 1.54) is 4.90 Å². The van der Waals surface area contributed by atoms with E-state index in [9.17, 15) is 9.90 Å². The van der Waals surface area contributed by atoms with Crippen molar-refractivity contribution in [2.45, 2.75) is 6.42 Å².